The normalized spacial score (nSPS) is 16.0. The predicted octanol–water partition coefficient (Wildman–Crippen LogP) is 4.22. The van der Waals surface area contributed by atoms with Crippen LogP contribution in [-0.2, 0) is 0 Å². The molecule has 0 radical (unpaired) electrons. The fourth-order valence-corrected chi connectivity index (χ4v) is 4.65. The third-order valence-corrected chi connectivity index (χ3v) is 6.94. The Balaban J connectivity index is 1.26. The smallest absolute Gasteiger partial charge is 0.116 e. The van der Waals surface area contributed by atoms with Crippen molar-refractivity contribution < 1.29 is 0 Å². The van der Waals surface area contributed by atoms with Crippen molar-refractivity contribution in [1.29, 1.82) is 0 Å². The summed E-state index contributed by atoms with van der Waals surface area (Å²) in [5.74, 6) is 0. The molecule has 2 N–H and O–H groups in total. The van der Waals surface area contributed by atoms with Crippen LogP contribution in [0.2, 0.25) is 0 Å². The third-order valence-electron chi connectivity index (χ3n) is 6.94. The highest BCUT2D eigenvalue weighted by molar-refractivity contribution is 5.82. The summed E-state index contributed by atoms with van der Waals surface area (Å²) in [6, 6.07) is 12.7. The number of hydrogen-bond donors (Lipinski definition) is 2. The molecule has 0 bridgehead atoms. The van der Waals surface area contributed by atoms with E-state index in [-0.39, 0.29) is 0 Å². The van der Waals surface area contributed by atoms with Gasteiger partial charge in [-0.25, -0.2) is 9.97 Å². The Morgan fingerprint density at radius 2 is 1.86 bits per heavy atom. The zero-order chi connectivity index (χ0) is 24.2. The lowest BCUT2D eigenvalue weighted by Gasteiger charge is -2.37. The van der Waals surface area contributed by atoms with Crippen LogP contribution in [0.4, 0.5) is 5.69 Å². The van der Waals surface area contributed by atoms with Gasteiger partial charge in [0.15, 0.2) is 0 Å². The Labute approximate surface area is 206 Å². The number of aromatic amines is 1. The summed E-state index contributed by atoms with van der Waals surface area (Å²) in [4.78, 5) is 27.0. The third kappa shape index (κ3) is 5.33. The van der Waals surface area contributed by atoms with Crippen molar-refractivity contribution in [3.63, 3.8) is 0 Å². The molecule has 1 atom stereocenters. The maximum Gasteiger partial charge on any atom is 0.116 e. The first kappa shape index (κ1) is 23.4. The van der Waals surface area contributed by atoms with Gasteiger partial charge in [-0.05, 0) is 50.6 Å². The van der Waals surface area contributed by atoms with Crippen LogP contribution in [0, 0.1) is 6.92 Å². The number of imidazole rings is 1. The fraction of sp³-hybridized carbons (Fsp3) is 0.407. The van der Waals surface area contributed by atoms with Gasteiger partial charge in [0.25, 0.3) is 0 Å². The highest BCUT2D eigenvalue weighted by atomic mass is 15.3. The van der Waals surface area contributed by atoms with Gasteiger partial charge in [-0.3, -0.25) is 19.8 Å². The number of aryl methyl sites for hydroxylation is 1. The summed E-state index contributed by atoms with van der Waals surface area (Å²) in [6.07, 6.45) is 4.80. The van der Waals surface area contributed by atoms with Crippen LogP contribution in [0.5, 0.6) is 0 Å². The topological polar surface area (TPSA) is 85.9 Å². The molecule has 8 nitrogen and oxygen atoms in total. The van der Waals surface area contributed by atoms with Crippen molar-refractivity contribution in [3.8, 4) is 22.8 Å². The standard InChI is InChI=1S/C27H34N8/c1-4-20(3)35-14-12-34(13-15-35)11-10-28-21-16-25-22(29-17-21)8-9-24(33-25)27-26(30-18-31-27)23-7-5-6-19(2)32-23/h5-9,16-18,20,28H,4,10-15H2,1-3H3,(H,30,31). The molecule has 5 heterocycles. The molecule has 1 saturated heterocycles. The van der Waals surface area contributed by atoms with E-state index in [1.54, 1.807) is 6.33 Å². The van der Waals surface area contributed by atoms with E-state index < -0.39 is 0 Å². The molecule has 182 valence electrons. The van der Waals surface area contributed by atoms with Crippen LogP contribution in [-0.4, -0.2) is 80.0 Å². The number of H-pyrrole nitrogens is 1. The molecule has 35 heavy (non-hydrogen) atoms. The summed E-state index contributed by atoms with van der Waals surface area (Å²) in [5, 5.41) is 3.54. The molecule has 1 fully saturated rings. The Hall–Kier alpha value is -3.36. The lowest BCUT2D eigenvalue weighted by Crippen LogP contribution is -2.50. The summed E-state index contributed by atoms with van der Waals surface area (Å²) in [7, 11) is 0. The second-order valence-electron chi connectivity index (χ2n) is 9.31. The van der Waals surface area contributed by atoms with Gasteiger partial charge in [0.05, 0.1) is 46.3 Å². The van der Waals surface area contributed by atoms with E-state index in [2.05, 4.69) is 55.0 Å². The number of aromatic nitrogens is 5. The van der Waals surface area contributed by atoms with Crippen LogP contribution in [0.25, 0.3) is 33.8 Å². The molecule has 4 aromatic rings. The summed E-state index contributed by atoms with van der Waals surface area (Å²) in [5.41, 5.74) is 7.00. The second kappa shape index (κ2) is 10.5. The van der Waals surface area contributed by atoms with Gasteiger partial charge in [-0.15, -0.1) is 0 Å². The van der Waals surface area contributed by atoms with Crippen molar-refractivity contribution in [2.45, 2.75) is 33.2 Å². The largest absolute Gasteiger partial charge is 0.382 e. The Morgan fingerprint density at radius 3 is 2.66 bits per heavy atom. The van der Waals surface area contributed by atoms with Crippen molar-refractivity contribution >= 4 is 16.7 Å². The average Bonchev–Trinajstić information content (AvgIpc) is 3.38. The molecule has 0 aliphatic carbocycles. The fourth-order valence-electron chi connectivity index (χ4n) is 4.65. The van der Waals surface area contributed by atoms with Crippen molar-refractivity contribution in [3.05, 3.63) is 54.6 Å². The summed E-state index contributed by atoms with van der Waals surface area (Å²) in [6.45, 7) is 13.1. The van der Waals surface area contributed by atoms with E-state index >= 15 is 0 Å². The summed E-state index contributed by atoms with van der Waals surface area (Å²) >= 11 is 0. The Morgan fingerprint density at radius 1 is 1.00 bits per heavy atom. The SMILES string of the molecule is CCC(C)N1CCN(CCNc2cnc3ccc(-c4[nH]cnc4-c4cccc(C)n4)nc3c2)CC1. The number of piperazine rings is 1. The molecule has 1 aliphatic rings. The zero-order valence-corrected chi connectivity index (χ0v) is 20.8. The van der Waals surface area contributed by atoms with E-state index in [4.69, 9.17) is 4.98 Å². The first-order chi connectivity index (χ1) is 17.1. The number of nitrogens with one attached hydrogen (secondary N) is 2. The van der Waals surface area contributed by atoms with Crippen LogP contribution >= 0.6 is 0 Å². The number of rotatable bonds is 8. The minimum atomic E-state index is 0.683. The van der Waals surface area contributed by atoms with Crippen molar-refractivity contribution in [1.82, 2.24) is 34.7 Å². The van der Waals surface area contributed by atoms with Crippen LogP contribution < -0.4 is 5.32 Å². The first-order valence-corrected chi connectivity index (χ1v) is 12.6. The lowest BCUT2D eigenvalue weighted by molar-refractivity contribution is 0.103. The highest BCUT2D eigenvalue weighted by Crippen LogP contribution is 2.28. The Bertz CT molecular complexity index is 1280. The molecule has 1 aliphatic heterocycles. The lowest BCUT2D eigenvalue weighted by atomic mass is 10.1. The van der Waals surface area contributed by atoms with Gasteiger partial charge in [0, 0.05) is 51.0 Å². The predicted molar refractivity (Wildman–Crippen MR) is 141 cm³/mol. The molecular weight excluding hydrogens is 436 g/mol. The van der Waals surface area contributed by atoms with Crippen molar-refractivity contribution in [2.75, 3.05) is 44.6 Å². The van der Waals surface area contributed by atoms with Gasteiger partial charge in [-0.1, -0.05) is 13.0 Å². The van der Waals surface area contributed by atoms with Gasteiger partial charge in [0.2, 0.25) is 0 Å². The highest BCUT2D eigenvalue weighted by Gasteiger charge is 2.19. The van der Waals surface area contributed by atoms with E-state index in [0.29, 0.717) is 6.04 Å². The molecule has 0 saturated carbocycles. The number of pyridine rings is 3. The molecule has 0 amide bonds. The minimum Gasteiger partial charge on any atom is -0.382 e. The van der Waals surface area contributed by atoms with Gasteiger partial charge in [0.1, 0.15) is 5.69 Å². The maximum absolute atomic E-state index is 4.90. The minimum absolute atomic E-state index is 0.683. The van der Waals surface area contributed by atoms with Crippen LogP contribution in [0.3, 0.4) is 0 Å². The van der Waals surface area contributed by atoms with Gasteiger partial charge in [-0.2, -0.15) is 0 Å². The van der Waals surface area contributed by atoms with Crippen LogP contribution in [0.15, 0.2) is 48.9 Å². The van der Waals surface area contributed by atoms with E-state index in [0.717, 1.165) is 84.5 Å². The molecule has 0 spiro atoms. The molecule has 4 aromatic heterocycles. The number of hydrogen-bond acceptors (Lipinski definition) is 7. The molecule has 0 aromatic carbocycles. The molecule has 1 unspecified atom stereocenters. The van der Waals surface area contributed by atoms with Gasteiger partial charge < -0.3 is 10.3 Å². The van der Waals surface area contributed by atoms with Gasteiger partial charge >= 0.3 is 0 Å². The summed E-state index contributed by atoms with van der Waals surface area (Å²) < 4.78 is 0. The van der Waals surface area contributed by atoms with Crippen molar-refractivity contribution in [2.24, 2.45) is 0 Å². The first-order valence-electron chi connectivity index (χ1n) is 12.6. The average molecular weight is 471 g/mol. The van der Waals surface area contributed by atoms with Crippen LogP contribution in [0.1, 0.15) is 26.0 Å². The van der Waals surface area contributed by atoms with E-state index in [9.17, 15) is 0 Å². The number of anilines is 1. The number of nitrogens with zero attached hydrogens (tertiary/aromatic N) is 6. The zero-order valence-electron chi connectivity index (χ0n) is 20.8. The maximum atomic E-state index is 4.90. The molecular formula is C27H34N8. The number of fused-ring (bicyclic) bond motifs is 1. The quantitative estimate of drug-likeness (QED) is 0.399. The monoisotopic (exact) mass is 470 g/mol. The Kier molecular flexibility index (Phi) is 7.01. The molecule has 8 heteroatoms. The second-order valence-corrected chi connectivity index (χ2v) is 9.31. The molecule has 5 rings (SSSR count). The van der Waals surface area contributed by atoms with E-state index in [1.807, 2.05) is 43.5 Å². The van der Waals surface area contributed by atoms with E-state index in [1.165, 1.54) is 6.42 Å².